The van der Waals surface area contributed by atoms with Crippen LogP contribution >= 0.6 is 0 Å². The van der Waals surface area contributed by atoms with Crippen molar-refractivity contribution in [1.82, 2.24) is 0 Å². The van der Waals surface area contributed by atoms with E-state index in [4.69, 9.17) is 9.47 Å². The second-order valence-corrected chi connectivity index (χ2v) is 6.05. The Bertz CT molecular complexity index is 284. The molecule has 0 aromatic heterocycles. The zero-order valence-corrected chi connectivity index (χ0v) is 13.6. The molecular weight excluding hydrogens is 256 g/mol. The number of rotatable bonds is 10. The van der Waals surface area contributed by atoms with Crippen LogP contribution in [0.3, 0.4) is 0 Å². The lowest BCUT2D eigenvalue weighted by Gasteiger charge is -2.16. The number of hydrogen-bond acceptors (Lipinski definition) is 4. The molecule has 0 heterocycles. The lowest BCUT2D eigenvalue weighted by molar-refractivity contribution is -0.150. The van der Waals surface area contributed by atoms with E-state index in [2.05, 4.69) is 13.8 Å². The zero-order chi connectivity index (χ0) is 15.5. The van der Waals surface area contributed by atoms with Gasteiger partial charge in [0.05, 0.1) is 6.61 Å². The summed E-state index contributed by atoms with van der Waals surface area (Å²) in [6.07, 6.45) is 2.94. The van der Waals surface area contributed by atoms with Crippen LogP contribution in [-0.4, -0.2) is 24.6 Å². The predicted molar refractivity (Wildman–Crippen MR) is 79.3 cm³/mol. The molecule has 0 aliphatic rings. The minimum Gasteiger partial charge on any atom is -0.466 e. The summed E-state index contributed by atoms with van der Waals surface area (Å²) >= 11 is 0. The summed E-state index contributed by atoms with van der Waals surface area (Å²) in [5.41, 5.74) is 0. The topological polar surface area (TPSA) is 52.6 Å². The highest BCUT2D eigenvalue weighted by molar-refractivity contribution is 5.72. The Kier molecular flexibility index (Phi) is 10.1. The van der Waals surface area contributed by atoms with Gasteiger partial charge in [0.1, 0.15) is 6.10 Å². The fourth-order valence-electron chi connectivity index (χ4n) is 1.53. The monoisotopic (exact) mass is 286 g/mol. The maximum atomic E-state index is 11.5. The van der Waals surface area contributed by atoms with Crippen molar-refractivity contribution in [2.45, 2.75) is 72.8 Å². The number of hydrogen-bond donors (Lipinski definition) is 0. The molecule has 0 saturated heterocycles. The third-order valence-corrected chi connectivity index (χ3v) is 3.21. The van der Waals surface area contributed by atoms with Gasteiger partial charge in [-0.25, -0.2) is 0 Å². The minimum atomic E-state index is -0.237. The summed E-state index contributed by atoms with van der Waals surface area (Å²) in [5.74, 6) is 0.480. The molecule has 0 amide bonds. The quantitative estimate of drug-likeness (QED) is 0.453. The van der Waals surface area contributed by atoms with Gasteiger partial charge in [0.25, 0.3) is 0 Å². The SMILES string of the molecule is CC(C)CCCOC(=O)CCCC(=O)OC(C)C(C)C. The van der Waals surface area contributed by atoms with Gasteiger partial charge < -0.3 is 9.47 Å². The lowest BCUT2D eigenvalue weighted by atomic mass is 10.1. The van der Waals surface area contributed by atoms with E-state index in [0.29, 0.717) is 24.9 Å². The maximum absolute atomic E-state index is 11.5. The van der Waals surface area contributed by atoms with Crippen molar-refractivity contribution >= 4 is 11.9 Å². The fourth-order valence-corrected chi connectivity index (χ4v) is 1.53. The van der Waals surface area contributed by atoms with E-state index in [-0.39, 0.29) is 30.9 Å². The molecule has 0 N–H and O–H groups in total. The van der Waals surface area contributed by atoms with Crippen molar-refractivity contribution in [3.05, 3.63) is 0 Å². The Labute approximate surface area is 123 Å². The van der Waals surface area contributed by atoms with Crippen LogP contribution in [0.15, 0.2) is 0 Å². The van der Waals surface area contributed by atoms with Crippen molar-refractivity contribution < 1.29 is 19.1 Å². The van der Waals surface area contributed by atoms with Gasteiger partial charge in [-0.2, -0.15) is 0 Å². The number of carbonyl (C=O) groups is 2. The average Bonchev–Trinajstić information content (AvgIpc) is 2.34. The second kappa shape index (κ2) is 10.7. The summed E-state index contributed by atoms with van der Waals surface area (Å²) < 4.78 is 10.3. The van der Waals surface area contributed by atoms with E-state index in [9.17, 15) is 9.59 Å². The van der Waals surface area contributed by atoms with Crippen LogP contribution in [0.1, 0.15) is 66.7 Å². The number of ether oxygens (including phenoxy) is 2. The highest BCUT2D eigenvalue weighted by Gasteiger charge is 2.13. The summed E-state index contributed by atoms with van der Waals surface area (Å²) in [6.45, 7) is 10.7. The van der Waals surface area contributed by atoms with Crippen molar-refractivity contribution in [1.29, 1.82) is 0 Å². The van der Waals surface area contributed by atoms with Crippen LogP contribution in [0.4, 0.5) is 0 Å². The van der Waals surface area contributed by atoms with Crippen LogP contribution in [0.5, 0.6) is 0 Å². The average molecular weight is 286 g/mol. The van der Waals surface area contributed by atoms with Gasteiger partial charge in [0.15, 0.2) is 0 Å². The molecule has 0 rings (SSSR count). The van der Waals surface area contributed by atoms with Crippen LogP contribution < -0.4 is 0 Å². The third-order valence-electron chi connectivity index (χ3n) is 3.21. The maximum Gasteiger partial charge on any atom is 0.306 e. The van der Waals surface area contributed by atoms with Gasteiger partial charge in [-0.15, -0.1) is 0 Å². The molecule has 0 aliphatic carbocycles. The summed E-state index contributed by atoms with van der Waals surface area (Å²) in [6, 6.07) is 0. The molecule has 0 aromatic carbocycles. The first-order chi connectivity index (χ1) is 9.32. The highest BCUT2D eigenvalue weighted by atomic mass is 16.5. The van der Waals surface area contributed by atoms with Crippen molar-refractivity contribution in [2.24, 2.45) is 11.8 Å². The van der Waals surface area contributed by atoms with E-state index in [1.807, 2.05) is 20.8 Å². The largest absolute Gasteiger partial charge is 0.466 e. The first-order valence-electron chi connectivity index (χ1n) is 7.68. The van der Waals surface area contributed by atoms with Gasteiger partial charge >= 0.3 is 11.9 Å². The zero-order valence-electron chi connectivity index (χ0n) is 13.6. The predicted octanol–water partition coefficient (Wildman–Crippen LogP) is 3.72. The van der Waals surface area contributed by atoms with Gasteiger partial charge in [-0.1, -0.05) is 27.7 Å². The van der Waals surface area contributed by atoms with Crippen molar-refractivity contribution in [3.8, 4) is 0 Å². The molecule has 0 aliphatic heterocycles. The van der Waals surface area contributed by atoms with Crippen LogP contribution in [0, 0.1) is 11.8 Å². The van der Waals surface area contributed by atoms with Gasteiger partial charge in [0, 0.05) is 12.8 Å². The first-order valence-corrected chi connectivity index (χ1v) is 7.68. The van der Waals surface area contributed by atoms with Crippen LogP contribution in [0.2, 0.25) is 0 Å². The molecule has 1 atom stereocenters. The molecule has 20 heavy (non-hydrogen) atoms. The van der Waals surface area contributed by atoms with E-state index in [1.165, 1.54) is 0 Å². The lowest BCUT2D eigenvalue weighted by Crippen LogP contribution is -2.20. The molecule has 4 heteroatoms. The van der Waals surface area contributed by atoms with Crippen LogP contribution in [0.25, 0.3) is 0 Å². The Morgan fingerprint density at radius 3 is 2.05 bits per heavy atom. The molecule has 4 nitrogen and oxygen atoms in total. The molecule has 118 valence electrons. The standard InChI is InChI=1S/C16H30O4/c1-12(2)8-7-11-19-15(17)9-6-10-16(18)20-14(5)13(3)4/h12-14H,6-11H2,1-5H3. The molecule has 0 fully saturated rings. The Morgan fingerprint density at radius 2 is 1.50 bits per heavy atom. The smallest absolute Gasteiger partial charge is 0.306 e. The van der Waals surface area contributed by atoms with Crippen LogP contribution in [-0.2, 0) is 19.1 Å². The minimum absolute atomic E-state index is 0.0783. The second-order valence-electron chi connectivity index (χ2n) is 6.05. The molecule has 0 radical (unpaired) electrons. The fraction of sp³-hybridized carbons (Fsp3) is 0.875. The normalized spacial score (nSPS) is 12.6. The summed E-state index contributed by atoms with van der Waals surface area (Å²) in [5, 5.41) is 0. The Balaban J connectivity index is 3.58. The molecule has 0 aromatic rings. The van der Waals surface area contributed by atoms with Gasteiger partial charge in [-0.05, 0) is 38.0 Å². The Hall–Kier alpha value is -1.06. The molecule has 1 unspecified atom stereocenters. The van der Waals surface area contributed by atoms with Crippen molar-refractivity contribution in [2.75, 3.05) is 6.61 Å². The van der Waals surface area contributed by atoms with Crippen molar-refractivity contribution in [3.63, 3.8) is 0 Å². The summed E-state index contributed by atoms with van der Waals surface area (Å²) in [4.78, 5) is 22.9. The summed E-state index contributed by atoms with van der Waals surface area (Å²) in [7, 11) is 0. The van der Waals surface area contributed by atoms with E-state index in [0.717, 1.165) is 12.8 Å². The highest BCUT2D eigenvalue weighted by Crippen LogP contribution is 2.09. The molecule has 0 saturated carbocycles. The third kappa shape index (κ3) is 10.8. The molecular formula is C16H30O4. The van der Waals surface area contributed by atoms with Gasteiger partial charge in [0.2, 0.25) is 0 Å². The number of carbonyl (C=O) groups excluding carboxylic acids is 2. The van der Waals surface area contributed by atoms with E-state index < -0.39 is 0 Å². The van der Waals surface area contributed by atoms with E-state index in [1.54, 1.807) is 0 Å². The molecule has 0 spiro atoms. The number of esters is 2. The first kappa shape index (κ1) is 18.9. The van der Waals surface area contributed by atoms with Gasteiger partial charge in [-0.3, -0.25) is 9.59 Å². The van der Waals surface area contributed by atoms with E-state index >= 15 is 0 Å². The Morgan fingerprint density at radius 1 is 0.900 bits per heavy atom. The molecule has 0 bridgehead atoms.